The SMILES string of the molecule is CC(C)(C)P(Cc1cccc(CP(C(C)(C)C)C(C)(C)C)n1)C(C)(C)C.F[B-](F)(F)F.[CH2-]CC(C)=O.[Ir]. The zero-order chi connectivity index (χ0) is 29.3. The quantitative estimate of drug-likeness (QED) is 0.130. The van der Waals surface area contributed by atoms with E-state index in [1.54, 1.807) is 0 Å². The second kappa shape index (κ2) is 16.4. The zero-order valence-electron chi connectivity index (χ0n) is 25.2. The fourth-order valence-electron chi connectivity index (χ4n) is 3.99. The number of pyridine rings is 1. The third kappa shape index (κ3) is 21.6. The molecule has 0 saturated heterocycles. The molecule has 0 aliphatic rings. The minimum absolute atomic E-state index is 0. The summed E-state index contributed by atoms with van der Waals surface area (Å²) in [5, 5.41) is 1.37. The van der Waals surface area contributed by atoms with E-state index in [1.807, 2.05) is 0 Å². The Morgan fingerprint density at radius 1 is 0.757 bits per heavy atom. The van der Waals surface area contributed by atoms with Crippen LogP contribution in [0.4, 0.5) is 17.3 Å². The average Bonchev–Trinajstić information content (AvgIpc) is 2.60. The first-order valence-electron chi connectivity index (χ1n) is 12.4. The Hall–Kier alpha value is 0.114. The van der Waals surface area contributed by atoms with Gasteiger partial charge in [-0.3, -0.25) is 4.98 Å². The molecule has 0 N–H and O–H groups in total. The van der Waals surface area contributed by atoms with Crippen LogP contribution in [0.2, 0.25) is 0 Å². The van der Waals surface area contributed by atoms with E-state index in [2.05, 4.69) is 108 Å². The molecule has 0 unspecified atom stereocenters. The van der Waals surface area contributed by atoms with E-state index < -0.39 is 7.25 Å². The second-order valence-corrected chi connectivity index (χ2v) is 20.6. The molecule has 0 amide bonds. The van der Waals surface area contributed by atoms with Gasteiger partial charge in [0, 0.05) is 43.8 Å². The molecule has 0 fully saturated rings. The van der Waals surface area contributed by atoms with Gasteiger partial charge in [-0.25, -0.2) is 0 Å². The Morgan fingerprint density at radius 3 is 1.14 bits per heavy atom. The number of hydrogen-bond acceptors (Lipinski definition) is 2. The molecule has 10 heteroatoms. The first kappa shape index (κ1) is 41.6. The summed E-state index contributed by atoms with van der Waals surface area (Å²) in [6, 6.07) is 6.72. The van der Waals surface area contributed by atoms with Crippen molar-refractivity contribution in [1.82, 2.24) is 4.98 Å². The standard InChI is InChI=1S/C23H43NP2.C4H7O.BF4.Ir/c1-20(2,3)25(21(4,5)6)16-18-14-13-15-19(24-18)17-26(22(7,8)9)23(10,11)12;1-3-4(2)5;2-1(3,4)5;/h13-15H,16-17H2,1-12H3;1,3H2,2H3;;/q;2*-1;. The molecule has 1 heterocycles. The largest absolute Gasteiger partial charge is 0.673 e. The van der Waals surface area contributed by atoms with E-state index >= 15 is 0 Å². The van der Waals surface area contributed by atoms with Crippen molar-refractivity contribution in [3.05, 3.63) is 36.5 Å². The number of rotatable bonds is 5. The van der Waals surface area contributed by atoms with Crippen LogP contribution < -0.4 is 0 Å². The smallest absolute Gasteiger partial charge is 0.418 e. The van der Waals surface area contributed by atoms with Gasteiger partial charge in [-0.1, -0.05) is 105 Å². The molecular weight excluding hydrogens is 695 g/mol. The van der Waals surface area contributed by atoms with E-state index in [-0.39, 0.29) is 41.7 Å². The van der Waals surface area contributed by atoms with Crippen molar-refractivity contribution in [3.8, 4) is 0 Å². The number of aromatic nitrogens is 1. The minimum atomic E-state index is -6.00. The molecule has 0 aliphatic heterocycles. The van der Waals surface area contributed by atoms with Crippen molar-refractivity contribution in [1.29, 1.82) is 0 Å². The molecule has 0 saturated carbocycles. The van der Waals surface area contributed by atoms with Crippen LogP contribution in [0.1, 0.15) is 108 Å². The predicted octanol–water partition coefficient (Wildman–Crippen LogP) is 10.3. The molecule has 37 heavy (non-hydrogen) atoms. The predicted molar refractivity (Wildman–Crippen MR) is 155 cm³/mol. The van der Waals surface area contributed by atoms with Crippen LogP contribution in [-0.4, -0.2) is 38.6 Å². The van der Waals surface area contributed by atoms with E-state index in [4.69, 9.17) is 4.98 Å². The van der Waals surface area contributed by atoms with Crippen LogP contribution in [0.15, 0.2) is 18.2 Å². The fraction of sp³-hybridized carbons (Fsp3) is 0.741. The first-order chi connectivity index (χ1) is 15.7. The monoisotopic (exact) mass is 746 g/mol. The van der Waals surface area contributed by atoms with Gasteiger partial charge in [0.25, 0.3) is 0 Å². The number of ketones is 1. The van der Waals surface area contributed by atoms with Gasteiger partial charge in [-0.15, -0.1) is 6.42 Å². The Balaban J connectivity index is -0.000000889. The van der Waals surface area contributed by atoms with Crippen LogP contribution in [-0.2, 0) is 37.2 Å². The van der Waals surface area contributed by atoms with Crippen molar-refractivity contribution < 1.29 is 42.2 Å². The van der Waals surface area contributed by atoms with Crippen molar-refractivity contribution in [2.24, 2.45) is 0 Å². The normalized spacial score (nSPS) is 12.8. The summed E-state index contributed by atoms with van der Waals surface area (Å²) in [4.78, 5) is 14.9. The summed E-state index contributed by atoms with van der Waals surface area (Å²) in [5.74, 6) is 0.144. The van der Waals surface area contributed by atoms with Crippen LogP contribution in [0.5, 0.6) is 0 Å². The first-order valence-corrected chi connectivity index (χ1v) is 15.4. The third-order valence-corrected chi connectivity index (χ3v) is 12.9. The Labute approximate surface area is 241 Å². The van der Waals surface area contributed by atoms with Gasteiger partial charge in [-0.2, -0.15) is 0 Å². The molecular formula is C27H50BF4IrNOP2-2. The molecule has 1 aromatic rings. The van der Waals surface area contributed by atoms with Gasteiger partial charge < -0.3 is 29.0 Å². The summed E-state index contributed by atoms with van der Waals surface area (Å²) < 4.78 is 39.0. The van der Waals surface area contributed by atoms with Gasteiger partial charge in [0.15, 0.2) is 0 Å². The molecule has 1 rings (SSSR count). The van der Waals surface area contributed by atoms with Crippen molar-refractivity contribution in [3.63, 3.8) is 0 Å². The zero-order valence-corrected chi connectivity index (χ0v) is 29.4. The van der Waals surface area contributed by atoms with Gasteiger partial charge in [-0.05, 0) is 39.7 Å². The van der Waals surface area contributed by atoms with E-state index in [0.29, 0.717) is 27.0 Å². The average molecular weight is 746 g/mol. The molecule has 2 nitrogen and oxygen atoms in total. The Kier molecular flexibility index (Phi) is 18.4. The summed E-state index contributed by atoms with van der Waals surface area (Å²) in [6.07, 6.45) is 2.66. The van der Waals surface area contributed by atoms with Gasteiger partial charge in [0.2, 0.25) is 0 Å². The Morgan fingerprint density at radius 2 is 0.973 bits per heavy atom. The number of carbonyl (C=O) groups is 1. The van der Waals surface area contributed by atoms with Crippen molar-refractivity contribution >= 4 is 28.9 Å². The maximum absolute atomic E-state index is 9.75. The van der Waals surface area contributed by atoms with Crippen LogP contribution >= 0.6 is 15.8 Å². The van der Waals surface area contributed by atoms with E-state index in [9.17, 15) is 22.1 Å². The topological polar surface area (TPSA) is 30.0 Å². The molecule has 0 aromatic carbocycles. The number of hydrogen-bond donors (Lipinski definition) is 0. The van der Waals surface area contributed by atoms with Gasteiger partial charge in [0.05, 0.1) is 5.78 Å². The summed E-state index contributed by atoms with van der Waals surface area (Å²) in [6.45, 7) is 33.6. The second-order valence-electron chi connectivity index (χ2n) is 12.9. The number of nitrogens with zero attached hydrogens (tertiary/aromatic N) is 1. The van der Waals surface area contributed by atoms with Crippen LogP contribution in [0, 0.1) is 6.92 Å². The maximum Gasteiger partial charge on any atom is 0.673 e. The molecule has 1 aromatic heterocycles. The molecule has 221 valence electrons. The van der Waals surface area contributed by atoms with Crippen LogP contribution in [0.3, 0.4) is 0 Å². The molecule has 0 bridgehead atoms. The molecule has 0 atom stereocenters. The van der Waals surface area contributed by atoms with Crippen molar-refractivity contribution in [2.75, 3.05) is 0 Å². The molecule has 0 spiro atoms. The number of carbonyl (C=O) groups excluding carboxylic acids is 1. The van der Waals surface area contributed by atoms with Crippen molar-refractivity contribution in [2.45, 2.75) is 129 Å². The molecule has 1 radical (unpaired) electrons. The van der Waals surface area contributed by atoms with E-state index in [0.717, 1.165) is 12.3 Å². The maximum atomic E-state index is 9.75. The summed E-state index contributed by atoms with van der Waals surface area (Å²) >= 11 is 0. The number of Topliss-reactive ketones (excluding diaryl/α,β-unsaturated/α-hetero) is 1. The minimum Gasteiger partial charge on any atom is -0.418 e. The number of halogens is 4. The van der Waals surface area contributed by atoms with Gasteiger partial charge in [0.1, 0.15) is 0 Å². The Bertz CT molecular complexity index is 713. The van der Waals surface area contributed by atoms with E-state index in [1.165, 1.54) is 18.3 Å². The van der Waals surface area contributed by atoms with Crippen LogP contribution in [0.25, 0.3) is 0 Å². The fourth-order valence-corrected chi connectivity index (χ4v) is 10.9. The van der Waals surface area contributed by atoms with Gasteiger partial charge >= 0.3 is 7.25 Å². The molecule has 0 aliphatic carbocycles. The summed E-state index contributed by atoms with van der Waals surface area (Å²) in [7, 11) is -6.31. The summed E-state index contributed by atoms with van der Waals surface area (Å²) in [5.41, 5.74) is 2.58. The third-order valence-electron chi connectivity index (χ3n) is 5.10.